The van der Waals surface area contributed by atoms with E-state index in [9.17, 15) is 0 Å². The summed E-state index contributed by atoms with van der Waals surface area (Å²) < 4.78 is 1.93. The van der Waals surface area contributed by atoms with Crippen molar-refractivity contribution in [1.82, 2.24) is 25.3 Å². The number of hydrogen-bond acceptors (Lipinski definition) is 3. The molecule has 31 heavy (non-hydrogen) atoms. The molecule has 0 bridgehead atoms. The van der Waals surface area contributed by atoms with Crippen LogP contribution in [0.25, 0.3) is 0 Å². The topological polar surface area (TPSA) is 57.5 Å². The second-order valence-corrected chi connectivity index (χ2v) is 8.45. The van der Waals surface area contributed by atoms with E-state index >= 15 is 0 Å². The van der Waals surface area contributed by atoms with Crippen molar-refractivity contribution < 1.29 is 0 Å². The van der Waals surface area contributed by atoms with E-state index in [-0.39, 0.29) is 24.0 Å². The van der Waals surface area contributed by atoms with Crippen LogP contribution >= 0.6 is 24.0 Å². The summed E-state index contributed by atoms with van der Waals surface area (Å²) in [7, 11) is 1.99. The third-order valence-corrected chi connectivity index (χ3v) is 6.20. The fraction of sp³-hybridized carbons (Fsp3) is 0.583. The average Bonchev–Trinajstić information content (AvgIpc) is 2.98. The van der Waals surface area contributed by atoms with Crippen LogP contribution in [-0.2, 0) is 26.7 Å². The number of rotatable bonds is 7. The lowest BCUT2D eigenvalue weighted by atomic mass is 10.0. The van der Waals surface area contributed by atoms with Crippen molar-refractivity contribution in [3.05, 3.63) is 52.3 Å². The molecule has 0 spiro atoms. The van der Waals surface area contributed by atoms with Crippen molar-refractivity contribution in [2.24, 2.45) is 12.0 Å². The molecule has 6 nitrogen and oxygen atoms in total. The Hall–Kier alpha value is -1.61. The van der Waals surface area contributed by atoms with Crippen LogP contribution in [0.5, 0.6) is 0 Å². The molecule has 1 unspecified atom stereocenters. The predicted molar refractivity (Wildman–Crippen MR) is 140 cm³/mol. The van der Waals surface area contributed by atoms with Crippen LogP contribution in [0, 0.1) is 13.8 Å². The van der Waals surface area contributed by atoms with E-state index in [4.69, 9.17) is 4.99 Å². The van der Waals surface area contributed by atoms with E-state index in [1.54, 1.807) is 0 Å². The number of hydrogen-bond donors (Lipinski definition) is 2. The van der Waals surface area contributed by atoms with Crippen LogP contribution in [0.4, 0.5) is 0 Å². The van der Waals surface area contributed by atoms with Crippen molar-refractivity contribution in [3.63, 3.8) is 0 Å². The molecule has 172 valence electrons. The Morgan fingerprint density at radius 1 is 1.13 bits per heavy atom. The van der Waals surface area contributed by atoms with Gasteiger partial charge in [-0.2, -0.15) is 5.10 Å². The van der Waals surface area contributed by atoms with E-state index < -0.39 is 0 Å². The predicted octanol–water partition coefficient (Wildman–Crippen LogP) is 4.28. The zero-order chi connectivity index (χ0) is 21.5. The Kier molecular flexibility index (Phi) is 10.3. The number of aliphatic imine (C=N–C) groups is 1. The molecule has 0 amide bonds. The molecular formula is C24H39IN6. The smallest absolute Gasteiger partial charge is 0.191 e. The van der Waals surface area contributed by atoms with Gasteiger partial charge < -0.3 is 10.6 Å². The molecule has 1 saturated heterocycles. The van der Waals surface area contributed by atoms with Crippen LogP contribution in [0.3, 0.4) is 0 Å². The molecule has 1 aliphatic heterocycles. The molecule has 1 fully saturated rings. The van der Waals surface area contributed by atoms with Crippen molar-refractivity contribution in [3.8, 4) is 0 Å². The van der Waals surface area contributed by atoms with Crippen molar-refractivity contribution in [1.29, 1.82) is 0 Å². The normalized spacial score (nSPS) is 17.3. The number of guanidine groups is 1. The largest absolute Gasteiger partial charge is 0.357 e. The number of halogens is 1. The zero-order valence-corrected chi connectivity index (χ0v) is 22.1. The fourth-order valence-corrected chi connectivity index (χ4v) is 4.13. The van der Waals surface area contributed by atoms with Crippen molar-refractivity contribution in [2.45, 2.75) is 72.6 Å². The van der Waals surface area contributed by atoms with Gasteiger partial charge in [0, 0.05) is 44.0 Å². The summed E-state index contributed by atoms with van der Waals surface area (Å²) in [5, 5.41) is 11.3. The van der Waals surface area contributed by atoms with Gasteiger partial charge in [-0.25, -0.2) is 4.99 Å². The Balaban J connectivity index is 0.00000341. The van der Waals surface area contributed by atoms with Gasteiger partial charge in [0.25, 0.3) is 0 Å². The summed E-state index contributed by atoms with van der Waals surface area (Å²) in [6, 6.07) is 9.65. The van der Waals surface area contributed by atoms with Crippen LogP contribution in [0.15, 0.2) is 29.3 Å². The van der Waals surface area contributed by atoms with Gasteiger partial charge >= 0.3 is 0 Å². The highest BCUT2D eigenvalue weighted by atomic mass is 127. The van der Waals surface area contributed by atoms with Crippen molar-refractivity contribution >= 4 is 29.9 Å². The standard InChI is InChI=1S/C24H38N6.HI/c1-6-25-24(27-16-23-19(3)28-29(5)20(23)4)26-15-21-10-12-22(13-11-21)17-30-14-8-7-9-18(30)2;/h10-13,18H,6-9,14-17H2,1-5H3,(H2,25,26,27);1H. The highest BCUT2D eigenvalue weighted by Crippen LogP contribution is 2.19. The van der Waals surface area contributed by atoms with E-state index in [1.165, 1.54) is 48.2 Å². The molecule has 1 atom stereocenters. The molecule has 1 aromatic carbocycles. The molecule has 1 aliphatic rings. The lowest BCUT2D eigenvalue weighted by Gasteiger charge is -2.33. The molecule has 2 aromatic rings. The Morgan fingerprint density at radius 2 is 1.84 bits per heavy atom. The summed E-state index contributed by atoms with van der Waals surface area (Å²) in [4.78, 5) is 7.38. The monoisotopic (exact) mass is 538 g/mol. The maximum absolute atomic E-state index is 4.78. The summed E-state index contributed by atoms with van der Waals surface area (Å²) in [6.45, 7) is 13.1. The molecular weight excluding hydrogens is 499 g/mol. The molecule has 0 aliphatic carbocycles. The molecule has 1 aromatic heterocycles. The number of piperidine rings is 1. The van der Waals surface area contributed by atoms with Gasteiger partial charge in [0.2, 0.25) is 0 Å². The van der Waals surface area contributed by atoms with Gasteiger partial charge in [-0.15, -0.1) is 24.0 Å². The maximum atomic E-state index is 4.78. The molecule has 0 saturated carbocycles. The highest BCUT2D eigenvalue weighted by molar-refractivity contribution is 14.0. The first-order valence-corrected chi connectivity index (χ1v) is 11.3. The molecule has 2 heterocycles. The second-order valence-electron chi connectivity index (χ2n) is 8.45. The first-order chi connectivity index (χ1) is 14.5. The van der Waals surface area contributed by atoms with Crippen molar-refractivity contribution in [2.75, 3.05) is 13.1 Å². The van der Waals surface area contributed by atoms with Crippen LogP contribution < -0.4 is 10.6 Å². The van der Waals surface area contributed by atoms with Gasteiger partial charge in [-0.1, -0.05) is 30.7 Å². The maximum Gasteiger partial charge on any atom is 0.191 e. The summed E-state index contributed by atoms with van der Waals surface area (Å²) in [5.41, 5.74) is 6.12. The summed E-state index contributed by atoms with van der Waals surface area (Å²) in [6.07, 6.45) is 4.03. The zero-order valence-electron chi connectivity index (χ0n) is 19.7. The fourth-order valence-electron chi connectivity index (χ4n) is 4.13. The van der Waals surface area contributed by atoms with Crippen LogP contribution in [0.1, 0.15) is 61.2 Å². The number of nitrogens with zero attached hydrogens (tertiary/aromatic N) is 4. The summed E-state index contributed by atoms with van der Waals surface area (Å²) in [5.74, 6) is 0.839. The van der Waals surface area contributed by atoms with Crippen LogP contribution in [0.2, 0.25) is 0 Å². The van der Waals surface area contributed by atoms with Gasteiger partial charge in [0.15, 0.2) is 5.96 Å². The van der Waals surface area contributed by atoms with Gasteiger partial charge in [-0.05, 0) is 58.2 Å². The first kappa shape index (κ1) is 25.6. The Labute approximate surface area is 204 Å². The summed E-state index contributed by atoms with van der Waals surface area (Å²) >= 11 is 0. The van der Waals surface area contributed by atoms with E-state index in [2.05, 4.69) is 72.6 Å². The SMILES string of the molecule is CCNC(=NCc1ccc(CN2CCCCC2C)cc1)NCc1c(C)nn(C)c1C.I. The second kappa shape index (κ2) is 12.4. The van der Waals surface area contributed by atoms with Gasteiger partial charge in [-0.3, -0.25) is 9.58 Å². The minimum atomic E-state index is 0. The first-order valence-electron chi connectivity index (χ1n) is 11.3. The quantitative estimate of drug-likeness (QED) is 0.314. The number of aromatic nitrogens is 2. The van der Waals surface area contributed by atoms with E-state index in [0.717, 1.165) is 31.3 Å². The average molecular weight is 539 g/mol. The highest BCUT2D eigenvalue weighted by Gasteiger charge is 2.18. The Bertz CT molecular complexity index is 842. The minimum absolute atomic E-state index is 0. The molecule has 3 rings (SSSR count). The molecule has 2 N–H and O–H groups in total. The molecule has 0 radical (unpaired) electrons. The Morgan fingerprint density at radius 3 is 2.45 bits per heavy atom. The lowest BCUT2D eigenvalue weighted by molar-refractivity contribution is 0.152. The number of nitrogens with one attached hydrogen (secondary N) is 2. The van der Waals surface area contributed by atoms with Crippen LogP contribution in [-0.4, -0.2) is 39.8 Å². The lowest BCUT2D eigenvalue weighted by Crippen LogP contribution is -2.37. The third kappa shape index (κ3) is 7.20. The van der Waals surface area contributed by atoms with E-state index in [0.29, 0.717) is 12.6 Å². The molecule has 7 heteroatoms. The number of benzene rings is 1. The number of likely N-dealkylation sites (tertiary alicyclic amines) is 1. The number of aryl methyl sites for hydroxylation is 2. The van der Waals surface area contributed by atoms with E-state index in [1.807, 2.05) is 11.7 Å². The minimum Gasteiger partial charge on any atom is -0.357 e. The van der Waals surface area contributed by atoms with Gasteiger partial charge in [0.1, 0.15) is 0 Å². The van der Waals surface area contributed by atoms with Gasteiger partial charge in [0.05, 0.1) is 12.2 Å². The third-order valence-electron chi connectivity index (χ3n) is 6.20.